The molecule has 1 aliphatic heterocycles. The second-order valence-corrected chi connectivity index (χ2v) is 12.9. The van der Waals surface area contributed by atoms with Gasteiger partial charge >= 0.3 is 11.0 Å². The molecule has 3 aromatic rings. The Kier molecular flexibility index (Phi) is 10.0. The molecule has 0 aliphatic carbocycles. The van der Waals surface area contributed by atoms with Crippen LogP contribution >= 0.6 is 0 Å². The molecule has 0 spiro atoms. The molecular weight excluding hydrogens is 594 g/mol. The van der Waals surface area contributed by atoms with Crippen LogP contribution in [0.25, 0.3) is 16.7 Å². The maximum atomic E-state index is 12.6. The highest BCUT2D eigenvalue weighted by molar-refractivity contribution is 7.92. The van der Waals surface area contributed by atoms with E-state index < -0.39 is 40.5 Å². The van der Waals surface area contributed by atoms with E-state index in [2.05, 4.69) is 16.8 Å². The number of alkyl halides is 6. The van der Waals surface area contributed by atoms with Crippen molar-refractivity contribution in [1.82, 2.24) is 9.88 Å². The average molecular weight is 621 g/mol. The predicted molar refractivity (Wildman–Crippen MR) is 142 cm³/mol. The Hall–Kier alpha value is -3.23. The van der Waals surface area contributed by atoms with Crippen LogP contribution in [0.3, 0.4) is 0 Å². The number of hydrogen-bond donors (Lipinski definition) is 0. The van der Waals surface area contributed by atoms with Gasteiger partial charge in [0.2, 0.25) is 0 Å². The second kappa shape index (κ2) is 12.7. The minimum absolute atomic E-state index is 0.382. The maximum Gasteiger partial charge on any atom is 0.501 e. The first-order valence-corrected chi connectivity index (χ1v) is 15.2. The van der Waals surface area contributed by atoms with Crippen LogP contribution in [0.5, 0.6) is 0 Å². The zero-order chi connectivity index (χ0) is 30.5. The Morgan fingerprint density at radius 3 is 1.73 bits per heavy atom. The van der Waals surface area contributed by atoms with E-state index in [9.17, 15) is 43.2 Å². The van der Waals surface area contributed by atoms with Gasteiger partial charge in [-0.1, -0.05) is 37.3 Å². The molecule has 6 nitrogen and oxygen atoms in total. The van der Waals surface area contributed by atoms with E-state index in [0.29, 0.717) is 23.1 Å². The summed E-state index contributed by atoms with van der Waals surface area (Å²) in [6.07, 6.45) is 6.65. The molecule has 0 radical (unpaired) electrons. The SMILES string of the molecule is CCCN1CC=C(c2cccc(S(=O)(=O)C(F)(F)F)c2)CC1.O=S(=O)(c1cccc(-c2ccncc2)c1)C(F)(F)F. The summed E-state index contributed by atoms with van der Waals surface area (Å²) in [6.45, 7) is 4.63. The fraction of sp³-hybridized carbons (Fsp3) is 0.296. The van der Waals surface area contributed by atoms with E-state index >= 15 is 0 Å². The maximum absolute atomic E-state index is 12.6. The van der Waals surface area contributed by atoms with Gasteiger partial charge in [0.15, 0.2) is 0 Å². The van der Waals surface area contributed by atoms with Gasteiger partial charge in [-0.2, -0.15) is 26.3 Å². The first-order chi connectivity index (χ1) is 19.1. The normalized spacial score (nSPS) is 15.0. The molecule has 41 heavy (non-hydrogen) atoms. The molecule has 2 aromatic carbocycles. The summed E-state index contributed by atoms with van der Waals surface area (Å²) in [5.74, 6) is 0. The summed E-state index contributed by atoms with van der Waals surface area (Å²) in [7, 11) is -10.6. The third-order valence-corrected chi connectivity index (χ3v) is 9.08. The summed E-state index contributed by atoms with van der Waals surface area (Å²) < 4.78 is 121. The molecule has 1 aromatic heterocycles. The number of hydrogen-bond acceptors (Lipinski definition) is 6. The van der Waals surface area contributed by atoms with Crippen LogP contribution < -0.4 is 0 Å². The lowest BCUT2D eigenvalue weighted by molar-refractivity contribution is -0.0442. The Bertz CT molecular complexity index is 1590. The largest absolute Gasteiger partial charge is 0.501 e. The quantitative estimate of drug-likeness (QED) is 0.292. The number of sulfone groups is 2. The van der Waals surface area contributed by atoms with Crippen molar-refractivity contribution in [2.45, 2.75) is 40.6 Å². The molecule has 1 aliphatic rings. The van der Waals surface area contributed by atoms with E-state index in [1.165, 1.54) is 30.6 Å². The van der Waals surface area contributed by atoms with Crippen molar-refractivity contribution in [3.63, 3.8) is 0 Å². The molecule has 0 amide bonds. The predicted octanol–water partition coefficient (Wildman–Crippen LogP) is 6.52. The van der Waals surface area contributed by atoms with Crippen LogP contribution in [0.2, 0.25) is 0 Å². The highest BCUT2D eigenvalue weighted by Crippen LogP contribution is 2.33. The first-order valence-electron chi connectivity index (χ1n) is 12.2. The van der Waals surface area contributed by atoms with Crippen LogP contribution in [-0.4, -0.2) is 57.4 Å². The lowest BCUT2D eigenvalue weighted by Crippen LogP contribution is -2.29. The third kappa shape index (κ3) is 7.74. The van der Waals surface area contributed by atoms with Crippen LogP contribution in [0.1, 0.15) is 25.3 Å². The standard InChI is InChI=1S/C15H18F3NO2S.C12H8F3NO2S/c1-2-8-19-9-6-12(7-10-19)13-4-3-5-14(11-13)22(20,21)15(16,17)18;13-12(14,15)19(17,18)11-3-1-2-10(8-11)9-4-6-16-7-5-9/h3-6,11H,2,7-10H2,1H3;1-8H. The molecule has 222 valence electrons. The highest BCUT2D eigenvalue weighted by atomic mass is 32.2. The molecule has 0 fully saturated rings. The van der Waals surface area contributed by atoms with Crippen molar-refractivity contribution in [3.8, 4) is 11.1 Å². The van der Waals surface area contributed by atoms with Gasteiger partial charge in [-0.15, -0.1) is 0 Å². The van der Waals surface area contributed by atoms with Gasteiger partial charge in [-0.3, -0.25) is 9.88 Å². The van der Waals surface area contributed by atoms with Crippen molar-refractivity contribution < 1.29 is 43.2 Å². The summed E-state index contributed by atoms with van der Waals surface area (Å²) in [6, 6.07) is 13.0. The Morgan fingerprint density at radius 2 is 1.27 bits per heavy atom. The van der Waals surface area contributed by atoms with Gasteiger partial charge in [0.25, 0.3) is 19.7 Å². The topological polar surface area (TPSA) is 84.4 Å². The number of halogens is 6. The van der Waals surface area contributed by atoms with Gasteiger partial charge in [-0.25, -0.2) is 16.8 Å². The fourth-order valence-electron chi connectivity index (χ4n) is 4.01. The third-order valence-electron chi connectivity index (χ3n) is 6.12. The van der Waals surface area contributed by atoms with Crippen molar-refractivity contribution in [2.24, 2.45) is 0 Å². The van der Waals surface area contributed by atoms with Gasteiger partial charge in [-0.05, 0) is 78.0 Å². The van der Waals surface area contributed by atoms with E-state index in [-0.39, 0.29) is 0 Å². The van der Waals surface area contributed by atoms with Gasteiger partial charge in [0.05, 0.1) is 9.79 Å². The van der Waals surface area contributed by atoms with Gasteiger partial charge in [0.1, 0.15) is 0 Å². The summed E-state index contributed by atoms with van der Waals surface area (Å²) in [5.41, 5.74) is -8.16. The Balaban J connectivity index is 0.000000228. The van der Waals surface area contributed by atoms with E-state index in [0.717, 1.165) is 55.9 Å². The van der Waals surface area contributed by atoms with Gasteiger partial charge in [0, 0.05) is 25.5 Å². The molecule has 0 N–H and O–H groups in total. The molecule has 0 atom stereocenters. The van der Waals surface area contributed by atoms with Crippen molar-refractivity contribution in [1.29, 1.82) is 0 Å². The number of nitrogens with zero attached hydrogens (tertiary/aromatic N) is 2. The van der Waals surface area contributed by atoms with Gasteiger partial charge < -0.3 is 0 Å². The smallest absolute Gasteiger partial charge is 0.299 e. The number of aromatic nitrogens is 1. The minimum Gasteiger partial charge on any atom is -0.299 e. The molecule has 0 saturated carbocycles. The fourth-order valence-corrected chi connectivity index (χ4v) is 5.62. The van der Waals surface area contributed by atoms with E-state index in [1.807, 2.05) is 6.08 Å². The van der Waals surface area contributed by atoms with Crippen molar-refractivity contribution >= 4 is 25.2 Å². The second-order valence-electron chi connectivity index (χ2n) is 8.97. The molecule has 14 heteroatoms. The lowest BCUT2D eigenvalue weighted by Gasteiger charge is -2.26. The van der Waals surface area contributed by atoms with Crippen molar-refractivity contribution in [3.05, 3.63) is 84.7 Å². The highest BCUT2D eigenvalue weighted by Gasteiger charge is 2.47. The zero-order valence-corrected chi connectivity index (χ0v) is 23.3. The average Bonchev–Trinajstić information content (AvgIpc) is 2.93. The summed E-state index contributed by atoms with van der Waals surface area (Å²) in [4.78, 5) is 4.56. The molecule has 4 rings (SSSR count). The monoisotopic (exact) mass is 620 g/mol. The van der Waals surface area contributed by atoms with E-state index in [1.54, 1.807) is 18.2 Å². The first kappa shape index (κ1) is 32.3. The summed E-state index contributed by atoms with van der Waals surface area (Å²) in [5, 5.41) is 0. The minimum atomic E-state index is -5.32. The molecule has 2 heterocycles. The van der Waals surface area contributed by atoms with Crippen LogP contribution in [0.15, 0.2) is 88.9 Å². The van der Waals surface area contributed by atoms with E-state index in [4.69, 9.17) is 0 Å². The lowest BCUT2D eigenvalue weighted by atomic mass is 9.99. The number of pyridine rings is 1. The van der Waals surface area contributed by atoms with Crippen LogP contribution in [-0.2, 0) is 19.7 Å². The number of benzene rings is 2. The number of rotatable bonds is 6. The molecule has 0 bridgehead atoms. The Morgan fingerprint density at radius 1 is 0.756 bits per heavy atom. The van der Waals surface area contributed by atoms with Crippen LogP contribution in [0.4, 0.5) is 26.3 Å². The molecule has 0 unspecified atom stereocenters. The van der Waals surface area contributed by atoms with Crippen molar-refractivity contribution in [2.75, 3.05) is 19.6 Å². The summed E-state index contributed by atoms with van der Waals surface area (Å²) >= 11 is 0. The molecular formula is C27H26F6N2O4S2. The zero-order valence-electron chi connectivity index (χ0n) is 21.7. The Labute approximate surface area is 234 Å². The van der Waals surface area contributed by atoms with Crippen LogP contribution in [0, 0.1) is 0 Å². The molecule has 0 saturated heterocycles.